The lowest BCUT2D eigenvalue weighted by molar-refractivity contribution is 0.616. The molecule has 1 saturated carbocycles. The van der Waals surface area contributed by atoms with Crippen LogP contribution >= 0.6 is 35.0 Å². The van der Waals surface area contributed by atoms with E-state index in [1.54, 1.807) is 24.3 Å². The summed E-state index contributed by atoms with van der Waals surface area (Å²) in [5.74, 6) is -0.218. The normalized spacial score (nSPS) is 14.4. The topological polar surface area (TPSA) is 12.0 Å². The van der Waals surface area contributed by atoms with E-state index >= 15 is 0 Å². The van der Waals surface area contributed by atoms with Gasteiger partial charge in [-0.05, 0) is 54.8 Å². The summed E-state index contributed by atoms with van der Waals surface area (Å²) in [5, 5.41) is 4.70. The van der Waals surface area contributed by atoms with Gasteiger partial charge in [0.1, 0.15) is 5.82 Å². The van der Waals surface area contributed by atoms with Crippen LogP contribution < -0.4 is 5.32 Å². The van der Waals surface area contributed by atoms with Gasteiger partial charge in [0.15, 0.2) is 0 Å². The molecule has 0 unspecified atom stereocenters. The third-order valence-electron chi connectivity index (χ3n) is 3.29. The Bertz CT molecular complexity index is 659. The summed E-state index contributed by atoms with van der Waals surface area (Å²) in [7, 11) is 0. The summed E-state index contributed by atoms with van der Waals surface area (Å²) in [6.07, 6.45) is 2.41. The molecule has 1 fully saturated rings. The molecule has 0 aromatic heterocycles. The number of benzene rings is 2. The summed E-state index contributed by atoms with van der Waals surface area (Å²) in [5.41, 5.74) is 0.947. The van der Waals surface area contributed by atoms with Gasteiger partial charge < -0.3 is 5.32 Å². The van der Waals surface area contributed by atoms with E-state index in [9.17, 15) is 4.39 Å². The standard InChI is InChI=1S/C16H14Cl2FNS/c17-11-1-5-14(18)16(8-11)21-15-6-2-12(19)7-10(15)9-20-13-3-4-13/h1-2,5-8,13,20H,3-4,9H2. The van der Waals surface area contributed by atoms with Gasteiger partial charge in [-0.15, -0.1) is 0 Å². The zero-order valence-electron chi connectivity index (χ0n) is 11.2. The molecular formula is C16H14Cl2FNS. The van der Waals surface area contributed by atoms with E-state index in [4.69, 9.17) is 23.2 Å². The first-order valence-corrected chi connectivity index (χ1v) is 8.34. The summed E-state index contributed by atoms with van der Waals surface area (Å²) >= 11 is 13.7. The molecule has 21 heavy (non-hydrogen) atoms. The smallest absolute Gasteiger partial charge is 0.123 e. The van der Waals surface area contributed by atoms with E-state index in [0.717, 1.165) is 15.4 Å². The molecule has 110 valence electrons. The predicted molar refractivity (Wildman–Crippen MR) is 86.8 cm³/mol. The van der Waals surface area contributed by atoms with Crippen LogP contribution in [0.3, 0.4) is 0 Å². The summed E-state index contributed by atoms with van der Waals surface area (Å²) in [4.78, 5) is 1.87. The number of hydrogen-bond donors (Lipinski definition) is 1. The van der Waals surface area contributed by atoms with E-state index in [1.807, 2.05) is 6.07 Å². The Hall–Kier alpha value is -0.740. The van der Waals surface area contributed by atoms with E-state index in [-0.39, 0.29) is 5.82 Å². The molecule has 0 bridgehead atoms. The molecular weight excluding hydrogens is 328 g/mol. The zero-order valence-corrected chi connectivity index (χ0v) is 13.5. The molecule has 0 saturated heterocycles. The molecule has 3 rings (SSSR count). The third-order valence-corrected chi connectivity index (χ3v) is 5.15. The van der Waals surface area contributed by atoms with Crippen LogP contribution in [0.5, 0.6) is 0 Å². The maximum atomic E-state index is 13.5. The van der Waals surface area contributed by atoms with Crippen molar-refractivity contribution in [2.24, 2.45) is 0 Å². The molecule has 2 aromatic rings. The highest BCUT2D eigenvalue weighted by Crippen LogP contribution is 2.37. The van der Waals surface area contributed by atoms with Gasteiger partial charge in [0.25, 0.3) is 0 Å². The molecule has 0 heterocycles. The van der Waals surface area contributed by atoms with E-state index < -0.39 is 0 Å². The Labute approximate surface area is 137 Å². The van der Waals surface area contributed by atoms with Crippen molar-refractivity contribution < 1.29 is 4.39 Å². The van der Waals surface area contributed by atoms with Crippen molar-refractivity contribution in [2.45, 2.75) is 35.2 Å². The first kappa shape index (κ1) is 15.2. The minimum absolute atomic E-state index is 0.218. The molecule has 0 radical (unpaired) electrons. The summed E-state index contributed by atoms with van der Waals surface area (Å²) in [6.45, 7) is 0.670. The van der Waals surface area contributed by atoms with Crippen LogP contribution in [-0.2, 0) is 6.54 Å². The molecule has 0 atom stereocenters. The van der Waals surface area contributed by atoms with E-state index in [0.29, 0.717) is 22.6 Å². The highest BCUT2D eigenvalue weighted by atomic mass is 35.5. The number of hydrogen-bond acceptors (Lipinski definition) is 2. The van der Waals surface area contributed by atoms with Crippen molar-refractivity contribution >= 4 is 35.0 Å². The van der Waals surface area contributed by atoms with Crippen molar-refractivity contribution in [1.82, 2.24) is 5.32 Å². The van der Waals surface area contributed by atoms with Crippen LogP contribution in [0, 0.1) is 5.82 Å². The fourth-order valence-corrected chi connectivity index (χ4v) is 3.46. The molecule has 1 nitrogen and oxygen atoms in total. The maximum Gasteiger partial charge on any atom is 0.123 e. The van der Waals surface area contributed by atoms with Crippen LogP contribution in [0.25, 0.3) is 0 Å². The Morgan fingerprint density at radius 1 is 1.10 bits per heavy atom. The highest BCUT2D eigenvalue weighted by Gasteiger charge is 2.20. The lowest BCUT2D eigenvalue weighted by Crippen LogP contribution is -2.15. The minimum atomic E-state index is -0.218. The van der Waals surface area contributed by atoms with Crippen LogP contribution in [0.4, 0.5) is 4.39 Å². The second-order valence-electron chi connectivity index (χ2n) is 5.08. The molecule has 5 heteroatoms. The van der Waals surface area contributed by atoms with Gasteiger partial charge in [0.05, 0.1) is 5.02 Å². The molecule has 0 amide bonds. The monoisotopic (exact) mass is 341 g/mol. The number of nitrogens with one attached hydrogen (secondary N) is 1. The van der Waals surface area contributed by atoms with Crippen molar-refractivity contribution in [1.29, 1.82) is 0 Å². The van der Waals surface area contributed by atoms with Gasteiger partial charge in [-0.25, -0.2) is 4.39 Å². The lowest BCUT2D eigenvalue weighted by Gasteiger charge is -2.11. The van der Waals surface area contributed by atoms with Crippen molar-refractivity contribution in [3.8, 4) is 0 Å². The van der Waals surface area contributed by atoms with Crippen LogP contribution in [-0.4, -0.2) is 6.04 Å². The Morgan fingerprint density at radius 3 is 2.67 bits per heavy atom. The largest absolute Gasteiger partial charge is 0.310 e. The van der Waals surface area contributed by atoms with Crippen LogP contribution in [0.15, 0.2) is 46.2 Å². The number of halogens is 3. The SMILES string of the molecule is Fc1ccc(Sc2cc(Cl)ccc2Cl)c(CNC2CC2)c1. The van der Waals surface area contributed by atoms with Gasteiger partial charge >= 0.3 is 0 Å². The van der Waals surface area contributed by atoms with Gasteiger partial charge in [-0.2, -0.15) is 0 Å². The average Bonchev–Trinajstić information content (AvgIpc) is 3.27. The zero-order chi connectivity index (χ0) is 14.8. The van der Waals surface area contributed by atoms with Crippen molar-refractivity contribution in [3.05, 3.63) is 57.8 Å². The van der Waals surface area contributed by atoms with Crippen molar-refractivity contribution in [2.75, 3.05) is 0 Å². The minimum Gasteiger partial charge on any atom is -0.310 e. The summed E-state index contributed by atoms with van der Waals surface area (Å²) in [6, 6.07) is 10.8. The molecule has 1 aliphatic carbocycles. The highest BCUT2D eigenvalue weighted by molar-refractivity contribution is 7.99. The van der Waals surface area contributed by atoms with Crippen LogP contribution in [0.2, 0.25) is 10.0 Å². The molecule has 1 aliphatic rings. The maximum absolute atomic E-state index is 13.5. The summed E-state index contributed by atoms with van der Waals surface area (Å²) < 4.78 is 13.5. The second kappa shape index (κ2) is 6.57. The first-order chi connectivity index (χ1) is 10.1. The van der Waals surface area contributed by atoms with Gasteiger partial charge in [-0.1, -0.05) is 35.0 Å². The number of rotatable bonds is 5. The molecule has 0 aliphatic heterocycles. The quantitative estimate of drug-likeness (QED) is 0.766. The molecule has 0 spiro atoms. The Kier molecular flexibility index (Phi) is 4.75. The predicted octanol–water partition coefficient (Wildman–Crippen LogP) is 5.54. The molecule has 2 aromatic carbocycles. The van der Waals surface area contributed by atoms with E-state index in [2.05, 4.69) is 5.32 Å². The lowest BCUT2D eigenvalue weighted by atomic mass is 10.2. The van der Waals surface area contributed by atoms with E-state index in [1.165, 1.54) is 30.7 Å². The van der Waals surface area contributed by atoms with Gasteiger partial charge in [0, 0.05) is 27.4 Å². The molecule has 1 N–H and O–H groups in total. The van der Waals surface area contributed by atoms with Crippen molar-refractivity contribution in [3.63, 3.8) is 0 Å². The third kappa shape index (κ3) is 4.13. The Balaban J connectivity index is 1.84. The average molecular weight is 342 g/mol. The second-order valence-corrected chi connectivity index (χ2v) is 7.01. The Morgan fingerprint density at radius 2 is 1.90 bits per heavy atom. The fourth-order valence-electron chi connectivity index (χ4n) is 2.00. The first-order valence-electron chi connectivity index (χ1n) is 6.76. The van der Waals surface area contributed by atoms with Gasteiger partial charge in [-0.3, -0.25) is 0 Å². The van der Waals surface area contributed by atoms with Crippen LogP contribution in [0.1, 0.15) is 18.4 Å². The van der Waals surface area contributed by atoms with Gasteiger partial charge in [0.2, 0.25) is 0 Å². The fraction of sp³-hybridized carbons (Fsp3) is 0.250.